The van der Waals surface area contributed by atoms with Gasteiger partial charge in [0.15, 0.2) is 0 Å². The average Bonchev–Trinajstić information content (AvgIpc) is 2.56. The molecule has 1 aliphatic heterocycles. The van der Waals surface area contributed by atoms with Crippen LogP contribution in [0.5, 0.6) is 0 Å². The summed E-state index contributed by atoms with van der Waals surface area (Å²) in [5, 5.41) is 5.06. The van der Waals surface area contributed by atoms with Crippen molar-refractivity contribution in [2.75, 3.05) is 18.9 Å². The van der Waals surface area contributed by atoms with Crippen molar-refractivity contribution >= 4 is 11.6 Å². The number of amides is 1. The molecule has 16 heavy (non-hydrogen) atoms. The Bertz CT molecular complexity index is 432. The number of carbonyl (C=O) groups excluding carboxylic acids is 1. The Kier molecular flexibility index (Phi) is 2.63. The summed E-state index contributed by atoms with van der Waals surface area (Å²) in [6.07, 6.45) is 0.179. The van der Waals surface area contributed by atoms with Crippen LogP contribution in [0.2, 0.25) is 0 Å². The molecule has 0 saturated carbocycles. The number of halogens is 2. The first-order chi connectivity index (χ1) is 7.53. The Labute approximate surface area is 91.8 Å². The van der Waals surface area contributed by atoms with E-state index in [-0.39, 0.29) is 17.9 Å². The Hall–Kier alpha value is -1.49. The zero-order valence-corrected chi connectivity index (χ0v) is 8.81. The predicted octanol–water partition coefficient (Wildman–Crippen LogP) is 1.49. The topological polar surface area (TPSA) is 41.1 Å². The van der Waals surface area contributed by atoms with Crippen molar-refractivity contribution in [2.24, 2.45) is 0 Å². The minimum absolute atomic E-state index is 0.0582. The van der Waals surface area contributed by atoms with Crippen molar-refractivity contribution in [1.29, 1.82) is 0 Å². The predicted molar refractivity (Wildman–Crippen MR) is 56.6 cm³/mol. The average molecular weight is 226 g/mol. The van der Waals surface area contributed by atoms with Gasteiger partial charge >= 0.3 is 0 Å². The number of fused-ring (bicyclic) bond motifs is 1. The molecule has 2 N–H and O–H groups in total. The number of anilines is 1. The van der Waals surface area contributed by atoms with E-state index in [0.717, 1.165) is 0 Å². The molecule has 0 bridgehead atoms. The molecule has 0 fully saturated rings. The molecule has 0 aromatic heterocycles. The van der Waals surface area contributed by atoms with Crippen LogP contribution in [0.15, 0.2) is 18.2 Å². The van der Waals surface area contributed by atoms with Crippen LogP contribution < -0.4 is 10.6 Å². The van der Waals surface area contributed by atoms with Gasteiger partial charge in [-0.15, -0.1) is 0 Å². The summed E-state index contributed by atoms with van der Waals surface area (Å²) in [5.74, 6) is -3.06. The highest BCUT2D eigenvalue weighted by atomic mass is 19.3. The minimum atomic E-state index is -2.91. The van der Waals surface area contributed by atoms with Crippen LogP contribution in [0.25, 0.3) is 0 Å². The second-order valence-corrected chi connectivity index (χ2v) is 3.83. The molecule has 2 rings (SSSR count). The van der Waals surface area contributed by atoms with Gasteiger partial charge in [0.05, 0.1) is 13.0 Å². The maximum Gasteiger partial charge on any atom is 0.285 e. The van der Waals surface area contributed by atoms with Crippen molar-refractivity contribution in [3.63, 3.8) is 0 Å². The highest BCUT2D eigenvalue weighted by Gasteiger charge is 2.32. The molecule has 0 saturated heterocycles. The second kappa shape index (κ2) is 3.83. The van der Waals surface area contributed by atoms with Crippen molar-refractivity contribution in [1.82, 2.24) is 5.32 Å². The van der Waals surface area contributed by atoms with Crippen LogP contribution >= 0.6 is 0 Å². The van der Waals surface area contributed by atoms with Gasteiger partial charge in [-0.05, 0) is 24.7 Å². The number of carbonyl (C=O) groups is 1. The zero-order chi connectivity index (χ0) is 11.8. The molecule has 1 aromatic rings. The largest absolute Gasteiger partial charge is 0.326 e. The second-order valence-electron chi connectivity index (χ2n) is 3.83. The summed E-state index contributed by atoms with van der Waals surface area (Å²) >= 11 is 0. The van der Waals surface area contributed by atoms with E-state index in [0.29, 0.717) is 11.3 Å². The molecule has 1 amide bonds. The standard InChI is InChI=1S/C11H12F2N2O/c1-14-6-11(12,13)8-2-3-9-7(4-8)5-10(16)15-9/h2-4,14H,5-6H2,1H3,(H,15,16). The van der Waals surface area contributed by atoms with Crippen LogP contribution in [0.1, 0.15) is 11.1 Å². The van der Waals surface area contributed by atoms with E-state index >= 15 is 0 Å². The molecule has 1 aliphatic rings. The van der Waals surface area contributed by atoms with E-state index in [4.69, 9.17) is 0 Å². The Morgan fingerprint density at radius 3 is 2.94 bits per heavy atom. The number of hydrogen-bond donors (Lipinski definition) is 2. The van der Waals surface area contributed by atoms with Gasteiger partial charge < -0.3 is 10.6 Å². The van der Waals surface area contributed by atoms with E-state index < -0.39 is 12.5 Å². The first-order valence-electron chi connectivity index (χ1n) is 4.98. The molecule has 0 radical (unpaired) electrons. The lowest BCUT2D eigenvalue weighted by molar-refractivity contribution is -0.115. The van der Waals surface area contributed by atoms with E-state index in [9.17, 15) is 13.6 Å². The Morgan fingerprint density at radius 1 is 1.50 bits per heavy atom. The number of hydrogen-bond acceptors (Lipinski definition) is 2. The molecular formula is C11H12F2N2O. The first kappa shape index (κ1) is 11.0. The maximum atomic E-state index is 13.6. The van der Waals surface area contributed by atoms with Crippen molar-refractivity contribution in [2.45, 2.75) is 12.3 Å². The first-order valence-corrected chi connectivity index (χ1v) is 4.98. The number of benzene rings is 1. The normalized spacial score (nSPS) is 14.8. The maximum absolute atomic E-state index is 13.6. The van der Waals surface area contributed by atoms with Crippen LogP contribution in [-0.2, 0) is 17.1 Å². The fourth-order valence-electron chi connectivity index (χ4n) is 1.78. The van der Waals surface area contributed by atoms with Gasteiger partial charge in [-0.1, -0.05) is 6.07 Å². The molecule has 1 heterocycles. The number of likely N-dealkylation sites (N-methyl/N-ethyl adjacent to an activating group) is 1. The van der Waals surface area contributed by atoms with E-state index in [1.54, 1.807) is 0 Å². The van der Waals surface area contributed by atoms with Crippen LogP contribution in [0.3, 0.4) is 0 Å². The Morgan fingerprint density at radius 2 is 2.25 bits per heavy atom. The SMILES string of the molecule is CNCC(F)(F)c1ccc2c(c1)CC(=O)N2. The van der Waals surface area contributed by atoms with Gasteiger partial charge in [0, 0.05) is 11.3 Å². The quantitative estimate of drug-likeness (QED) is 0.819. The third kappa shape index (κ3) is 1.90. The molecule has 0 atom stereocenters. The summed E-state index contributed by atoms with van der Waals surface area (Å²) in [7, 11) is 1.48. The fourth-order valence-corrected chi connectivity index (χ4v) is 1.78. The van der Waals surface area contributed by atoms with Crippen molar-refractivity contribution in [3.8, 4) is 0 Å². The monoisotopic (exact) mass is 226 g/mol. The highest BCUT2D eigenvalue weighted by molar-refractivity contribution is 5.99. The Balaban J connectivity index is 2.32. The van der Waals surface area contributed by atoms with Crippen LogP contribution in [0.4, 0.5) is 14.5 Å². The molecule has 1 aromatic carbocycles. The van der Waals surface area contributed by atoms with Gasteiger partial charge in [-0.2, -0.15) is 8.78 Å². The third-order valence-electron chi connectivity index (χ3n) is 2.55. The summed E-state index contributed by atoms with van der Waals surface area (Å²) in [6.45, 7) is -0.410. The van der Waals surface area contributed by atoms with Crippen molar-refractivity contribution < 1.29 is 13.6 Å². The van der Waals surface area contributed by atoms with Crippen LogP contribution in [-0.4, -0.2) is 19.5 Å². The minimum Gasteiger partial charge on any atom is -0.326 e. The molecule has 5 heteroatoms. The van der Waals surface area contributed by atoms with Crippen molar-refractivity contribution in [3.05, 3.63) is 29.3 Å². The summed E-state index contributed by atoms with van der Waals surface area (Å²) in [5.41, 5.74) is 1.21. The lowest BCUT2D eigenvalue weighted by Gasteiger charge is -2.16. The van der Waals surface area contributed by atoms with Gasteiger partial charge in [0.2, 0.25) is 5.91 Å². The molecule has 3 nitrogen and oxygen atoms in total. The van der Waals surface area contributed by atoms with Gasteiger partial charge in [0.1, 0.15) is 0 Å². The zero-order valence-electron chi connectivity index (χ0n) is 8.81. The molecule has 0 spiro atoms. The molecule has 86 valence electrons. The smallest absolute Gasteiger partial charge is 0.285 e. The highest BCUT2D eigenvalue weighted by Crippen LogP contribution is 2.32. The summed E-state index contributed by atoms with van der Waals surface area (Å²) in [6, 6.07) is 4.27. The lowest BCUT2D eigenvalue weighted by atomic mass is 10.0. The molecule has 0 unspecified atom stereocenters. The van der Waals surface area contributed by atoms with E-state index in [1.807, 2.05) is 0 Å². The van der Waals surface area contributed by atoms with E-state index in [1.165, 1.54) is 25.2 Å². The third-order valence-corrected chi connectivity index (χ3v) is 2.55. The molecule has 0 aliphatic carbocycles. The summed E-state index contributed by atoms with van der Waals surface area (Å²) < 4.78 is 27.1. The number of alkyl halides is 2. The number of nitrogens with one attached hydrogen (secondary N) is 2. The lowest BCUT2D eigenvalue weighted by Crippen LogP contribution is -2.28. The van der Waals surface area contributed by atoms with Crippen LogP contribution in [0, 0.1) is 0 Å². The molecular weight excluding hydrogens is 214 g/mol. The van der Waals surface area contributed by atoms with E-state index in [2.05, 4.69) is 10.6 Å². The number of rotatable bonds is 3. The van der Waals surface area contributed by atoms with Gasteiger partial charge in [0.25, 0.3) is 5.92 Å². The van der Waals surface area contributed by atoms with Gasteiger partial charge in [-0.3, -0.25) is 4.79 Å². The summed E-state index contributed by atoms with van der Waals surface area (Å²) in [4.78, 5) is 11.1. The van der Waals surface area contributed by atoms with Gasteiger partial charge in [-0.25, -0.2) is 0 Å². The fraction of sp³-hybridized carbons (Fsp3) is 0.364.